The number of hydrogen-bond acceptors (Lipinski definition) is 2. The third-order valence-electron chi connectivity index (χ3n) is 15.3. The summed E-state index contributed by atoms with van der Waals surface area (Å²) >= 11 is 0. The van der Waals surface area contributed by atoms with Gasteiger partial charge in [0.05, 0.1) is 5.69 Å². The lowest BCUT2D eigenvalue weighted by Crippen LogP contribution is -2.62. The molecule has 2 aliphatic heterocycles. The molecule has 3 heteroatoms. The first kappa shape index (κ1) is 44.2. The van der Waals surface area contributed by atoms with Crippen LogP contribution in [0.5, 0.6) is 0 Å². The van der Waals surface area contributed by atoms with Crippen molar-refractivity contribution in [2.45, 2.75) is 163 Å². The summed E-state index contributed by atoms with van der Waals surface area (Å²) in [5.41, 5.74) is 24.0. The minimum atomic E-state index is -0.111. The molecule has 0 amide bonds. The molecule has 64 heavy (non-hydrogen) atoms. The number of nitrogens with zero attached hydrogens (tertiary/aromatic N) is 2. The average Bonchev–Trinajstić information content (AvgIpc) is 3.21. The molecule has 0 aromatic heterocycles. The van der Waals surface area contributed by atoms with E-state index in [2.05, 4.69) is 237 Å². The van der Waals surface area contributed by atoms with Crippen molar-refractivity contribution in [3.63, 3.8) is 0 Å². The highest BCUT2D eigenvalue weighted by molar-refractivity contribution is 7.00. The van der Waals surface area contributed by atoms with Gasteiger partial charge >= 0.3 is 0 Å². The van der Waals surface area contributed by atoms with E-state index in [9.17, 15) is 0 Å². The first-order valence-corrected chi connectivity index (χ1v) is 24.1. The molecule has 1 aliphatic carbocycles. The van der Waals surface area contributed by atoms with Crippen molar-refractivity contribution in [1.82, 2.24) is 0 Å². The van der Waals surface area contributed by atoms with Crippen molar-refractivity contribution in [2.24, 2.45) is 0 Å². The van der Waals surface area contributed by atoms with E-state index in [4.69, 9.17) is 0 Å². The molecular formula is C61H73BN2. The van der Waals surface area contributed by atoms with Crippen molar-refractivity contribution >= 4 is 57.2 Å². The maximum Gasteiger partial charge on any atom is 0.252 e. The lowest BCUT2D eigenvalue weighted by molar-refractivity contribution is 0.332. The molecule has 0 unspecified atom stereocenters. The number of rotatable bonds is 3. The molecule has 0 fully saturated rings. The Hall–Kier alpha value is -5.02. The van der Waals surface area contributed by atoms with Gasteiger partial charge in [0.1, 0.15) is 0 Å². The summed E-state index contributed by atoms with van der Waals surface area (Å²) in [7, 11) is 0. The molecule has 9 rings (SSSR count). The van der Waals surface area contributed by atoms with Crippen LogP contribution >= 0.6 is 0 Å². The van der Waals surface area contributed by atoms with Crippen molar-refractivity contribution < 1.29 is 0 Å². The van der Waals surface area contributed by atoms with Crippen LogP contribution in [0.4, 0.5) is 34.1 Å². The van der Waals surface area contributed by atoms with Crippen LogP contribution in [-0.4, -0.2) is 6.71 Å². The normalized spacial score (nSPS) is 16.5. The summed E-state index contributed by atoms with van der Waals surface area (Å²) < 4.78 is 0. The van der Waals surface area contributed by atoms with Gasteiger partial charge in [-0.2, -0.15) is 0 Å². The van der Waals surface area contributed by atoms with Gasteiger partial charge in [-0.15, -0.1) is 0 Å². The highest BCUT2D eigenvalue weighted by Crippen LogP contribution is 2.52. The summed E-state index contributed by atoms with van der Waals surface area (Å²) in [6.45, 7) is 40.5. The van der Waals surface area contributed by atoms with Gasteiger partial charge in [0, 0.05) is 34.0 Å². The van der Waals surface area contributed by atoms with Gasteiger partial charge in [0.25, 0.3) is 6.71 Å². The zero-order chi connectivity index (χ0) is 46.3. The SMILES string of the molecule is Cc1cc2c(cc1N1c3ccc(C(C)(C)C)cc3B3c4cc(C(C)(C)C)ccc4N(c4ccc(C(C)(C)C)cc4-c4ccccc4)c4cc(C(C)(C)C)cc1c43)C(C)(C)CCC2(C)C. The molecule has 0 N–H and O–H groups in total. The topological polar surface area (TPSA) is 6.48 Å². The fourth-order valence-corrected chi connectivity index (χ4v) is 10.9. The van der Waals surface area contributed by atoms with Crippen molar-refractivity contribution in [3.05, 3.63) is 148 Å². The Morgan fingerprint density at radius 1 is 0.422 bits per heavy atom. The first-order chi connectivity index (χ1) is 29.7. The third kappa shape index (κ3) is 7.25. The van der Waals surface area contributed by atoms with Crippen LogP contribution in [0, 0.1) is 6.92 Å². The average molecular weight is 845 g/mol. The Balaban J connectivity index is 1.45. The molecule has 6 aromatic rings. The molecule has 3 aliphatic rings. The highest BCUT2D eigenvalue weighted by Gasteiger charge is 2.46. The molecule has 0 spiro atoms. The van der Waals surface area contributed by atoms with Crippen LogP contribution in [0.3, 0.4) is 0 Å². The summed E-state index contributed by atoms with van der Waals surface area (Å²) in [5.74, 6) is 0. The zero-order valence-electron chi connectivity index (χ0n) is 42.3. The van der Waals surface area contributed by atoms with Crippen molar-refractivity contribution in [3.8, 4) is 11.1 Å². The van der Waals surface area contributed by atoms with E-state index in [-0.39, 0.29) is 39.2 Å². The Kier molecular flexibility index (Phi) is 10.0. The minimum Gasteiger partial charge on any atom is -0.311 e. The number of anilines is 6. The van der Waals surface area contributed by atoms with Crippen LogP contribution in [0.15, 0.2) is 109 Å². The smallest absolute Gasteiger partial charge is 0.252 e. The van der Waals surface area contributed by atoms with Gasteiger partial charge in [-0.3, -0.25) is 0 Å². The van der Waals surface area contributed by atoms with Gasteiger partial charge < -0.3 is 9.80 Å². The summed E-state index contributed by atoms with van der Waals surface area (Å²) in [5, 5.41) is 0. The zero-order valence-corrected chi connectivity index (χ0v) is 42.3. The van der Waals surface area contributed by atoms with Gasteiger partial charge in [-0.25, -0.2) is 0 Å². The Morgan fingerprint density at radius 2 is 0.844 bits per heavy atom. The Morgan fingerprint density at radius 3 is 1.31 bits per heavy atom. The van der Waals surface area contributed by atoms with Gasteiger partial charge in [0.15, 0.2) is 0 Å². The molecule has 2 heterocycles. The summed E-state index contributed by atoms with van der Waals surface area (Å²) in [4.78, 5) is 5.35. The largest absolute Gasteiger partial charge is 0.311 e. The molecule has 0 bridgehead atoms. The van der Waals surface area contributed by atoms with Crippen LogP contribution in [0.25, 0.3) is 11.1 Å². The Bertz CT molecular complexity index is 2830. The molecule has 0 atom stereocenters. The second-order valence-corrected chi connectivity index (χ2v) is 25.1. The summed E-state index contributed by atoms with van der Waals surface area (Å²) in [6.07, 6.45) is 2.38. The third-order valence-corrected chi connectivity index (χ3v) is 15.3. The Labute approximate surface area is 387 Å². The van der Waals surface area contributed by atoms with Gasteiger partial charge in [-0.1, -0.05) is 178 Å². The van der Waals surface area contributed by atoms with Gasteiger partial charge in [0.2, 0.25) is 0 Å². The van der Waals surface area contributed by atoms with E-state index in [1.807, 2.05) is 0 Å². The maximum atomic E-state index is 2.69. The second kappa shape index (κ2) is 14.5. The number of benzene rings is 6. The molecule has 0 radical (unpaired) electrons. The molecular weight excluding hydrogens is 771 g/mol. The molecule has 0 saturated carbocycles. The molecule has 2 nitrogen and oxygen atoms in total. The van der Waals surface area contributed by atoms with Crippen LogP contribution in [0.2, 0.25) is 0 Å². The first-order valence-electron chi connectivity index (χ1n) is 24.1. The van der Waals surface area contributed by atoms with E-state index in [0.717, 1.165) is 0 Å². The monoisotopic (exact) mass is 845 g/mol. The van der Waals surface area contributed by atoms with E-state index >= 15 is 0 Å². The highest BCUT2D eigenvalue weighted by atomic mass is 15.2. The van der Waals surface area contributed by atoms with E-state index in [0.29, 0.717) is 0 Å². The van der Waals surface area contributed by atoms with E-state index in [1.54, 1.807) is 0 Å². The molecule has 0 saturated heterocycles. The number of fused-ring (bicyclic) bond motifs is 5. The lowest BCUT2D eigenvalue weighted by Gasteiger charge is -2.47. The maximum absolute atomic E-state index is 2.69. The lowest BCUT2D eigenvalue weighted by atomic mass is 9.33. The van der Waals surface area contributed by atoms with Gasteiger partial charge in [-0.05, 0) is 156 Å². The molecule has 330 valence electrons. The van der Waals surface area contributed by atoms with E-state index < -0.39 is 0 Å². The predicted octanol–water partition coefficient (Wildman–Crippen LogP) is 15.3. The minimum absolute atomic E-state index is 0.00856. The second-order valence-electron chi connectivity index (χ2n) is 25.1. The predicted molar refractivity (Wildman–Crippen MR) is 281 cm³/mol. The fourth-order valence-electron chi connectivity index (χ4n) is 10.9. The van der Waals surface area contributed by atoms with Crippen LogP contribution < -0.4 is 26.2 Å². The fraction of sp³-hybridized carbons (Fsp3) is 0.410. The molecule has 6 aromatic carbocycles. The van der Waals surface area contributed by atoms with E-state index in [1.165, 1.54) is 113 Å². The van der Waals surface area contributed by atoms with Crippen LogP contribution in [-0.2, 0) is 32.5 Å². The quantitative estimate of drug-likeness (QED) is 0.164. The van der Waals surface area contributed by atoms with Crippen molar-refractivity contribution in [1.29, 1.82) is 0 Å². The number of aryl methyl sites for hydroxylation is 1. The number of hydrogen-bond donors (Lipinski definition) is 0. The van der Waals surface area contributed by atoms with Crippen LogP contribution in [0.1, 0.15) is 163 Å². The standard InChI is InChI=1S/C61H73BN2/c1-38-31-45-46(61(16,17)30-29-60(45,14)15)37-52(38)64-51-28-25-42(58(8,9)10)34-48(51)62-47-33-41(57(5,6)7)24-27-50(47)63(53-35-43(59(11,12)13)36-54(64)55(53)62)49-26-23-40(56(2,3)4)32-44(49)39-21-19-18-20-22-39/h18-28,31-37H,29-30H2,1-17H3. The summed E-state index contributed by atoms with van der Waals surface area (Å²) in [6, 6.07) is 43.5. The van der Waals surface area contributed by atoms with Crippen molar-refractivity contribution in [2.75, 3.05) is 9.80 Å².